The summed E-state index contributed by atoms with van der Waals surface area (Å²) in [6, 6.07) is 0. The first-order chi connectivity index (χ1) is 10.1. The van der Waals surface area contributed by atoms with E-state index < -0.39 is 17.3 Å². The predicted octanol–water partition coefficient (Wildman–Crippen LogP) is 3.57. The van der Waals surface area contributed by atoms with E-state index in [4.69, 9.17) is 4.84 Å². The van der Waals surface area contributed by atoms with Gasteiger partial charge in [0.25, 0.3) is 6.08 Å². The summed E-state index contributed by atoms with van der Waals surface area (Å²) < 4.78 is 36.0. The zero-order chi connectivity index (χ0) is 15.1. The van der Waals surface area contributed by atoms with Crippen LogP contribution < -0.4 is 0 Å². The molecule has 2 rings (SSSR count). The number of hydrogen-bond donors (Lipinski definition) is 0. The van der Waals surface area contributed by atoms with Gasteiger partial charge in [-0.05, 0) is 24.8 Å². The molecule has 0 aliphatic heterocycles. The van der Waals surface area contributed by atoms with Gasteiger partial charge in [0, 0.05) is 17.6 Å². The topological polar surface area (TPSA) is 57.5 Å². The van der Waals surface area contributed by atoms with Crippen LogP contribution in [0.25, 0.3) is 0 Å². The summed E-state index contributed by atoms with van der Waals surface area (Å²) in [6.45, 7) is 0.634. The number of oxime groups is 1. The van der Waals surface area contributed by atoms with Gasteiger partial charge in [-0.1, -0.05) is 22.9 Å². The van der Waals surface area contributed by atoms with Gasteiger partial charge in [0.1, 0.15) is 12.4 Å². The smallest absolute Gasteiger partial charge is 0.302 e. The van der Waals surface area contributed by atoms with Gasteiger partial charge in [0.05, 0.1) is 17.3 Å². The molecule has 0 spiro atoms. The Morgan fingerprint density at radius 1 is 1.57 bits per heavy atom. The Hall–Kier alpha value is -0.990. The number of rotatable bonds is 8. The van der Waals surface area contributed by atoms with Gasteiger partial charge >= 0.3 is 4.34 Å². The zero-order valence-corrected chi connectivity index (χ0v) is 13.0. The molecular weight excluding hydrogens is 318 g/mol. The Kier molecular flexibility index (Phi) is 6.59. The van der Waals surface area contributed by atoms with Crippen LogP contribution in [0.15, 0.2) is 27.8 Å². The summed E-state index contributed by atoms with van der Waals surface area (Å²) in [5.74, 6) is 0.759. The Morgan fingerprint density at radius 2 is 2.38 bits per heavy atom. The molecule has 116 valence electrons. The molecule has 0 radical (unpaired) electrons. The predicted molar refractivity (Wildman–Crippen MR) is 79.2 cm³/mol. The van der Waals surface area contributed by atoms with Crippen molar-refractivity contribution in [3.63, 3.8) is 0 Å². The second-order valence-electron chi connectivity index (χ2n) is 4.69. The summed E-state index contributed by atoms with van der Waals surface area (Å²) >= 11 is -0.129. The monoisotopic (exact) mass is 334 g/mol. The lowest BCUT2D eigenvalue weighted by molar-refractivity contribution is 0.0768. The summed E-state index contributed by atoms with van der Waals surface area (Å²) in [5, 5.41) is 3.86. The molecule has 1 aliphatic carbocycles. The normalized spacial score (nSPS) is 16.7. The fourth-order valence-corrected chi connectivity index (χ4v) is 3.79. The van der Waals surface area contributed by atoms with Crippen LogP contribution in [0.2, 0.25) is 0 Å². The minimum absolute atomic E-state index is 0.0719. The fourth-order valence-electron chi connectivity index (χ4n) is 1.69. The van der Waals surface area contributed by atoms with Crippen LogP contribution in [0.4, 0.5) is 8.78 Å². The van der Waals surface area contributed by atoms with Gasteiger partial charge < -0.3 is 9.39 Å². The Balaban J connectivity index is 1.74. The van der Waals surface area contributed by atoms with E-state index in [2.05, 4.69) is 10.1 Å². The van der Waals surface area contributed by atoms with Crippen LogP contribution in [0.3, 0.4) is 0 Å². The molecule has 1 aromatic heterocycles. The van der Waals surface area contributed by atoms with Gasteiger partial charge in [0.2, 0.25) is 0 Å². The first kappa shape index (κ1) is 16.4. The van der Waals surface area contributed by atoms with E-state index in [1.807, 2.05) is 0 Å². The second-order valence-corrected chi connectivity index (χ2v) is 7.49. The Bertz CT molecular complexity index is 500. The highest BCUT2D eigenvalue weighted by molar-refractivity contribution is 7.93. The molecule has 4 nitrogen and oxygen atoms in total. The highest BCUT2D eigenvalue weighted by Gasteiger charge is 2.18. The van der Waals surface area contributed by atoms with E-state index in [9.17, 15) is 13.3 Å². The number of thiazole rings is 1. The van der Waals surface area contributed by atoms with E-state index >= 15 is 0 Å². The quantitative estimate of drug-likeness (QED) is 0.415. The molecule has 1 aliphatic rings. The van der Waals surface area contributed by atoms with Gasteiger partial charge in [-0.2, -0.15) is 13.8 Å². The molecular formula is C13H16F2N2O2S2. The van der Waals surface area contributed by atoms with Crippen LogP contribution in [0.1, 0.15) is 30.6 Å². The van der Waals surface area contributed by atoms with Crippen LogP contribution in [0, 0.1) is 5.92 Å². The third-order valence-electron chi connectivity index (χ3n) is 3.09. The third kappa shape index (κ3) is 5.72. The van der Waals surface area contributed by atoms with E-state index in [0.29, 0.717) is 16.9 Å². The van der Waals surface area contributed by atoms with Crippen LogP contribution in [-0.4, -0.2) is 28.1 Å². The van der Waals surface area contributed by atoms with Gasteiger partial charge in [-0.15, -0.1) is 0 Å². The number of aromatic nitrogens is 1. The van der Waals surface area contributed by atoms with Gasteiger partial charge in [-0.25, -0.2) is 0 Å². The van der Waals surface area contributed by atoms with E-state index in [0.717, 1.165) is 11.0 Å². The van der Waals surface area contributed by atoms with Crippen molar-refractivity contribution in [1.82, 2.24) is 4.98 Å². The molecule has 0 aromatic carbocycles. The van der Waals surface area contributed by atoms with Crippen molar-refractivity contribution < 1.29 is 18.2 Å². The van der Waals surface area contributed by atoms with E-state index in [1.54, 1.807) is 6.20 Å². The van der Waals surface area contributed by atoms with Crippen LogP contribution in [-0.2, 0) is 16.0 Å². The molecule has 1 aromatic rings. The maximum atomic E-state index is 11.9. The first-order valence-corrected chi connectivity index (χ1v) is 8.79. The van der Waals surface area contributed by atoms with Crippen molar-refractivity contribution >= 4 is 28.7 Å². The molecule has 1 fully saturated rings. The fraction of sp³-hybridized carbons (Fsp3) is 0.538. The largest absolute Gasteiger partial charge is 0.610 e. The van der Waals surface area contributed by atoms with Gasteiger partial charge in [-0.3, -0.25) is 0 Å². The lowest BCUT2D eigenvalue weighted by Crippen LogP contribution is -2.16. The van der Waals surface area contributed by atoms with Gasteiger partial charge in [0.15, 0.2) is 0 Å². The van der Waals surface area contributed by atoms with Crippen molar-refractivity contribution in [2.45, 2.75) is 30.0 Å². The minimum Gasteiger partial charge on any atom is -0.610 e. The molecule has 0 saturated heterocycles. The minimum atomic E-state index is -1.75. The summed E-state index contributed by atoms with van der Waals surface area (Å²) in [5.41, 5.74) is 0. The molecule has 0 bridgehead atoms. The standard InChI is InChI=1S/C13H16F2N2O2S2/c14-12(15)5-2-6-21(18)13-16-7-11(20-13)8-17-19-9-10-3-1-4-10/h5,7-8,10H,1-4,6,9H2/b17-8+. The maximum Gasteiger partial charge on any atom is 0.302 e. The summed E-state index contributed by atoms with van der Waals surface area (Å²) in [6.07, 6.45) is 5.86. The number of allylic oxidation sites excluding steroid dienone is 1. The molecule has 0 N–H and O–H groups in total. The lowest BCUT2D eigenvalue weighted by atomic mass is 9.86. The summed E-state index contributed by atoms with van der Waals surface area (Å²) in [7, 11) is 0. The number of halogens is 2. The molecule has 1 heterocycles. The highest BCUT2D eigenvalue weighted by Crippen LogP contribution is 2.26. The third-order valence-corrected chi connectivity index (χ3v) is 5.72. The average molecular weight is 334 g/mol. The second kappa shape index (κ2) is 8.45. The molecule has 21 heavy (non-hydrogen) atoms. The molecule has 1 atom stereocenters. The van der Waals surface area contributed by atoms with E-state index in [1.165, 1.54) is 36.8 Å². The van der Waals surface area contributed by atoms with Crippen molar-refractivity contribution in [1.29, 1.82) is 0 Å². The van der Waals surface area contributed by atoms with Crippen LogP contribution in [0.5, 0.6) is 0 Å². The maximum absolute atomic E-state index is 11.9. The summed E-state index contributed by atoms with van der Waals surface area (Å²) in [4.78, 5) is 9.94. The van der Waals surface area contributed by atoms with Crippen molar-refractivity contribution in [3.8, 4) is 0 Å². The van der Waals surface area contributed by atoms with Crippen molar-refractivity contribution in [2.24, 2.45) is 11.1 Å². The van der Waals surface area contributed by atoms with Crippen LogP contribution >= 0.6 is 11.3 Å². The van der Waals surface area contributed by atoms with E-state index in [-0.39, 0.29) is 12.2 Å². The number of nitrogens with zero attached hydrogens (tertiary/aromatic N) is 2. The average Bonchev–Trinajstić information content (AvgIpc) is 2.84. The Labute approximate surface area is 129 Å². The molecule has 8 heteroatoms. The zero-order valence-electron chi connectivity index (χ0n) is 11.3. The molecule has 1 saturated carbocycles. The SMILES string of the molecule is [O-][S+](CCC=C(F)F)c1ncc(/C=N/OCC2CCC2)s1. The van der Waals surface area contributed by atoms with Crippen molar-refractivity contribution in [2.75, 3.05) is 12.4 Å². The molecule has 0 amide bonds. The highest BCUT2D eigenvalue weighted by atomic mass is 32.2. The Morgan fingerprint density at radius 3 is 3.05 bits per heavy atom. The van der Waals surface area contributed by atoms with Crippen molar-refractivity contribution in [3.05, 3.63) is 23.2 Å². The lowest BCUT2D eigenvalue weighted by Gasteiger charge is -2.23. The first-order valence-electron chi connectivity index (χ1n) is 6.66. The number of hydrogen-bond acceptors (Lipinski definition) is 5. The molecule has 1 unspecified atom stereocenters.